The van der Waals surface area contributed by atoms with Gasteiger partial charge in [-0.3, -0.25) is 9.59 Å². The number of Topliss-reactive ketones (excluding diaryl/α,β-unsaturated/α-hetero) is 1. The van der Waals surface area contributed by atoms with Gasteiger partial charge in [0.05, 0.1) is 10.9 Å². The summed E-state index contributed by atoms with van der Waals surface area (Å²) in [5, 5.41) is 3.87. The van der Waals surface area contributed by atoms with Gasteiger partial charge in [-0.2, -0.15) is 0 Å². The number of rotatable bonds is 6. The number of anilines is 1. The molecule has 1 aliphatic carbocycles. The van der Waals surface area contributed by atoms with Crippen LogP contribution in [0.1, 0.15) is 27.4 Å². The number of ketones is 1. The van der Waals surface area contributed by atoms with Crippen molar-refractivity contribution >= 4 is 84.0 Å². The minimum absolute atomic E-state index is 0.0428. The maximum Gasteiger partial charge on any atom is 0.230 e. The second kappa shape index (κ2) is 9.86. The Bertz CT molecular complexity index is 1300. The van der Waals surface area contributed by atoms with Gasteiger partial charge in [-0.25, -0.2) is 8.78 Å². The van der Waals surface area contributed by atoms with Gasteiger partial charge in [-0.15, -0.1) is 0 Å². The van der Waals surface area contributed by atoms with Gasteiger partial charge in [-0.1, -0.05) is 72.7 Å². The third-order valence-corrected chi connectivity index (χ3v) is 8.22. The molecule has 3 aromatic rings. The first-order valence-corrected chi connectivity index (χ1v) is 12.6. The topological polar surface area (TPSA) is 46.2 Å². The highest BCUT2D eigenvalue weighted by molar-refractivity contribution is 9.25. The van der Waals surface area contributed by atoms with Gasteiger partial charge in [0.25, 0.3) is 0 Å². The van der Waals surface area contributed by atoms with Crippen LogP contribution in [0.3, 0.4) is 0 Å². The van der Waals surface area contributed by atoms with Crippen LogP contribution in [0.2, 0.25) is 15.1 Å². The van der Waals surface area contributed by atoms with E-state index in [1.54, 1.807) is 24.3 Å². The largest absolute Gasteiger partial charge is 0.326 e. The predicted molar refractivity (Wildman–Crippen MR) is 138 cm³/mol. The van der Waals surface area contributed by atoms with Gasteiger partial charge in [0, 0.05) is 39.7 Å². The zero-order chi connectivity index (χ0) is 24.8. The summed E-state index contributed by atoms with van der Waals surface area (Å²) in [7, 11) is 0. The molecule has 10 heteroatoms. The number of hydrogen-bond donors (Lipinski definition) is 1. The highest BCUT2D eigenvalue weighted by Gasteiger charge is 2.66. The standard InChI is InChI=1S/C24H14Br2Cl3F2NO2/c25-24(26)21(12-5-13(27)8-14(28)6-12)22(24)23(34)32-16-3-4-18(29)17(10-16)20(33)7-11-1-2-15(30)9-19(11)31/h1-6,8-10,21-22H,7H2,(H,32,34). The Morgan fingerprint density at radius 1 is 0.941 bits per heavy atom. The van der Waals surface area contributed by atoms with Crippen molar-refractivity contribution < 1.29 is 18.4 Å². The molecule has 1 saturated carbocycles. The van der Waals surface area contributed by atoms with Gasteiger partial charge in [-0.05, 0) is 53.6 Å². The van der Waals surface area contributed by atoms with Crippen molar-refractivity contribution in [1.29, 1.82) is 0 Å². The van der Waals surface area contributed by atoms with E-state index >= 15 is 0 Å². The third kappa shape index (κ3) is 5.34. The first-order chi connectivity index (χ1) is 16.0. The Kier molecular flexibility index (Phi) is 7.42. The summed E-state index contributed by atoms with van der Waals surface area (Å²) < 4.78 is 26.4. The van der Waals surface area contributed by atoms with Crippen molar-refractivity contribution in [2.45, 2.75) is 15.6 Å². The quantitative estimate of drug-likeness (QED) is 0.216. The van der Waals surface area contributed by atoms with Gasteiger partial charge < -0.3 is 5.32 Å². The lowest BCUT2D eigenvalue weighted by Crippen LogP contribution is -2.17. The minimum atomic E-state index is -0.819. The van der Waals surface area contributed by atoms with Gasteiger partial charge in [0.2, 0.25) is 5.91 Å². The van der Waals surface area contributed by atoms with Crippen LogP contribution in [0.5, 0.6) is 0 Å². The predicted octanol–water partition coefficient (Wildman–Crippen LogP) is 8.19. The monoisotopic (exact) mass is 649 g/mol. The van der Waals surface area contributed by atoms with Crippen molar-refractivity contribution in [3.63, 3.8) is 0 Å². The van der Waals surface area contributed by atoms with Crippen molar-refractivity contribution in [2.24, 2.45) is 5.92 Å². The van der Waals surface area contributed by atoms with E-state index in [9.17, 15) is 18.4 Å². The van der Waals surface area contributed by atoms with E-state index in [0.29, 0.717) is 21.8 Å². The SMILES string of the molecule is O=C(Cc1ccc(F)cc1F)c1cc(NC(=O)C2C(c3cc(Cl)cc(Cl)c3)C2(Br)Br)ccc1Cl. The van der Waals surface area contributed by atoms with E-state index in [1.807, 2.05) is 0 Å². The molecule has 176 valence electrons. The third-order valence-electron chi connectivity index (χ3n) is 5.48. The molecule has 1 amide bonds. The second-order valence-corrected chi connectivity index (χ2v) is 12.8. The second-order valence-electron chi connectivity index (χ2n) is 7.85. The Balaban J connectivity index is 1.52. The van der Waals surface area contributed by atoms with Crippen LogP contribution < -0.4 is 5.32 Å². The summed E-state index contributed by atoms with van der Waals surface area (Å²) in [6.07, 6.45) is -0.310. The lowest BCUT2D eigenvalue weighted by Gasteiger charge is -2.10. The lowest BCUT2D eigenvalue weighted by molar-refractivity contribution is -0.117. The summed E-state index contributed by atoms with van der Waals surface area (Å²) in [5.74, 6) is -3.06. The first kappa shape index (κ1) is 25.6. The summed E-state index contributed by atoms with van der Waals surface area (Å²) >= 11 is 25.5. The maximum absolute atomic E-state index is 14.0. The molecule has 2 unspecified atom stereocenters. The lowest BCUT2D eigenvalue weighted by atomic mass is 10.0. The summed E-state index contributed by atoms with van der Waals surface area (Å²) in [6.45, 7) is 0. The molecule has 0 aliphatic heterocycles. The van der Waals surface area contributed by atoms with Crippen molar-refractivity contribution in [3.8, 4) is 0 Å². The molecule has 2 atom stereocenters. The van der Waals surface area contributed by atoms with E-state index in [4.69, 9.17) is 34.8 Å². The molecule has 0 heterocycles. The number of carbonyl (C=O) groups is 2. The molecule has 0 spiro atoms. The molecule has 3 nitrogen and oxygen atoms in total. The number of amides is 1. The Morgan fingerprint density at radius 2 is 1.62 bits per heavy atom. The highest BCUT2D eigenvalue weighted by Crippen LogP contribution is 2.67. The summed E-state index contributed by atoms with van der Waals surface area (Å²) in [5.41, 5.74) is 1.30. The average molecular weight is 653 g/mol. The van der Waals surface area contributed by atoms with E-state index in [-0.39, 0.29) is 34.4 Å². The van der Waals surface area contributed by atoms with Gasteiger partial charge in [0.1, 0.15) is 14.9 Å². The number of nitrogens with one attached hydrogen (secondary N) is 1. The van der Waals surface area contributed by atoms with Crippen molar-refractivity contribution in [1.82, 2.24) is 0 Å². The molecule has 1 N–H and O–H groups in total. The number of benzene rings is 3. The number of hydrogen-bond acceptors (Lipinski definition) is 2. The van der Waals surface area contributed by atoms with Gasteiger partial charge in [0.15, 0.2) is 5.78 Å². The zero-order valence-corrected chi connectivity index (χ0v) is 22.5. The van der Waals surface area contributed by atoms with E-state index in [2.05, 4.69) is 37.2 Å². The van der Waals surface area contributed by atoms with Crippen molar-refractivity contribution in [2.75, 3.05) is 5.32 Å². The van der Waals surface area contributed by atoms with Crippen LogP contribution in [0.25, 0.3) is 0 Å². The molecular formula is C24H14Br2Cl3F2NO2. The maximum atomic E-state index is 14.0. The number of halogens is 7. The molecule has 1 aliphatic rings. The fourth-order valence-electron chi connectivity index (χ4n) is 3.79. The van der Waals surface area contributed by atoms with E-state index in [1.165, 1.54) is 18.2 Å². The van der Waals surface area contributed by atoms with Crippen LogP contribution in [-0.4, -0.2) is 14.9 Å². The molecule has 0 bridgehead atoms. The first-order valence-electron chi connectivity index (χ1n) is 9.88. The molecule has 3 aromatic carbocycles. The Labute approximate surface area is 226 Å². The van der Waals surface area contributed by atoms with Crippen molar-refractivity contribution in [3.05, 3.63) is 98.0 Å². The van der Waals surface area contributed by atoms with Crippen LogP contribution in [-0.2, 0) is 11.2 Å². The van der Waals surface area contributed by atoms with Crippen LogP contribution in [0.15, 0.2) is 54.6 Å². The molecular weight excluding hydrogens is 638 g/mol. The molecule has 0 saturated heterocycles. The molecule has 1 fully saturated rings. The average Bonchev–Trinajstić information content (AvgIpc) is 3.33. The van der Waals surface area contributed by atoms with Gasteiger partial charge >= 0.3 is 0 Å². The number of carbonyl (C=O) groups excluding carboxylic acids is 2. The van der Waals surface area contributed by atoms with Crippen LogP contribution >= 0.6 is 66.7 Å². The number of alkyl halides is 2. The molecule has 34 heavy (non-hydrogen) atoms. The fraction of sp³-hybridized carbons (Fsp3) is 0.167. The van der Waals surface area contributed by atoms with Crippen LogP contribution in [0, 0.1) is 17.6 Å². The molecule has 0 radical (unpaired) electrons. The Morgan fingerprint density at radius 3 is 2.26 bits per heavy atom. The Hall–Kier alpha value is -1.51. The summed E-state index contributed by atoms with van der Waals surface area (Å²) in [6, 6.07) is 12.6. The van der Waals surface area contributed by atoms with E-state index in [0.717, 1.165) is 11.6 Å². The molecule has 4 rings (SSSR count). The zero-order valence-electron chi connectivity index (χ0n) is 17.0. The molecule has 0 aromatic heterocycles. The fourth-order valence-corrected chi connectivity index (χ4v) is 6.30. The minimum Gasteiger partial charge on any atom is -0.326 e. The van der Waals surface area contributed by atoms with E-state index < -0.39 is 26.6 Å². The van der Waals surface area contributed by atoms with Crippen LogP contribution in [0.4, 0.5) is 14.5 Å². The normalized spacial score (nSPS) is 18.4. The smallest absolute Gasteiger partial charge is 0.230 e. The summed E-state index contributed by atoms with van der Waals surface area (Å²) in [4.78, 5) is 25.8. The highest BCUT2D eigenvalue weighted by atomic mass is 79.9.